The Morgan fingerprint density at radius 1 is 1.36 bits per heavy atom. The Labute approximate surface area is 153 Å². The number of sulfone groups is 1. The molecule has 0 bridgehead atoms. The SMILES string of the molecule is CC[C@H](C)N(C(=O)CSc1nnc(C2CC2)n1C)[C@@H]1CCS(=O)(=O)C1. The molecule has 140 valence electrons. The summed E-state index contributed by atoms with van der Waals surface area (Å²) in [6.45, 7) is 4.01. The van der Waals surface area contributed by atoms with E-state index in [1.54, 1.807) is 4.90 Å². The molecule has 1 amide bonds. The zero-order valence-corrected chi connectivity index (χ0v) is 16.6. The van der Waals surface area contributed by atoms with Gasteiger partial charge in [-0.3, -0.25) is 4.79 Å². The number of thioether (sulfide) groups is 1. The van der Waals surface area contributed by atoms with E-state index >= 15 is 0 Å². The Kier molecular flexibility index (Phi) is 5.43. The third-order valence-corrected chi connectivity index (χ3v) is 7.85. The predicted octanol–water partition coefficient (Wildman–Crippen LogP) is 1.60. The first kappa shape index (κ1) is 18.7. The number of rotatable bonds is 7. The van der Waals surface area contributed by atoms with Crippen molar-refractivity contribution in [2.45, 2.75) is 62.7 Å². The maximum absolute atomic E-state index is 12.8. The quantitative estimate of drug-likeness (QED) is 0.662. The maximum atomic E-state index is 12.8. The highest BCUT2D eigenvalue weighted by molar-refractivity contribution is 7.99. The van der Waals surface area contributed by atoms with E-state index in [1.807, 2.05) is 25.5 Å². The molecule has 2 atom stereocenters. The lowest BCUT2D eigenvalue weighted by Crippen LogP contribution is -2.47. The Hall–Kier alpha value is -1.09. The van der Waals surface area contributed by atoms with Crippen LogP contribution >= 0.6 is 11.8 Å². The Morgan fingerprint density at radius 3 is 2.64 bits per heavy atom. The van der Waals surface area contributed by atoms with Gasteiger partial charge in [0.05, 0.1) is 17.3 Å². The topological polar surface area (TPSA) is 85.2 Å². The number of amides is 1. The van der Waals surface area contributed by atoms with Crippen LogP contribution in [0, 0.1) is 0 Å². The molecule has 0 N–H and O–H groups in total. The number of hydrogen-bond acceptors (Lipinski definition) is 6. The highest BCUT2D eigenvalue weighted by Crippen LogP contribution is 2.39. The van der Waals surface area contributed by atoms with E-state index in [1.165, 1.54) is 11.8 Å². The van der Waals surface area contributed by atoms with E-state index in [4.69, 9.17) is 0 Å². The second-order valence-corrected chi connectivity index (χ2v) is 10.2. The van der Waals surface area contributed by atoms with Crippen molar-refractivity contribution in [1.82, 2.24) is 19.7 Å². The molecule has 0 aromatic carbocycles. The highest BCUT2D eigenvalue weighted by Gasteiger charge is 2.36. The van der Waals surface area contributed by atoms with E-state index in [0.717, 1.165) is 30.2 Å². The van der Waals surface area contributed by atoms with Crippen LogP contribution in [0.3, 0.4) is 0 Å². The zero-order valence-electron chi connectivity index (χ0n) is 15.0. The summed E-state index contributed by atoms with van der Waals surface area (Å²) >= 11 is 1.38. The molecule has 7 nitrogen and oxygen atoms in total. The van der Waals surface area contributed by atoms with Crippen LogP contribution in [0.15, 0.2) is 5.16 Å². The van der Waals surface area contributed by atoms with Crippen molar-refractivity contribution in [3.8, 4) is 0 Å². The van der Waals surface area contributed by atoms with Gasteiger partial charge in [-0.2, -0.15) is 0 Å². The summed E-state index contributed by atoms with van der Waals surface area (Å²) in [4.78, 5) is 14.6. The van der Waals surface area contributed by atoms with Gasteiger partial charge >= 0.3 is 0 Å². The van der Waals surface area contributed by atoms with E-state index in [2.05, 4.69) is 10.2 Å². The van der Waals surface area contributed by atoms with Gasteiger partial charge in [0.1, 0.15) is 5.82 Å². The number of carbonyl (C=O) groups excluding carboxylic acids is 1. The van der Waals surface area contributed by atoms with Crippen molar-refractivity contribution in [2.24, 2.45) is 7.05 Å². The van der Waals surface area contributed by atoms with E-state index in [-0.39, 0.29) is 35.2 Å². The molecular weight excluding hydrogens is 360 g/mol. The molecule has 1 saturated heterocycles. The molecular formula is C16H26N4O3S2. The summed E-state index contributed by atoms with van der Waals surface area (Å²) in [5.41, 5.74) is 0. The lowest BCUT2D eigenvalue weighted by atomic mass is 10.1. The van der Waals surface area contributed by atoms with Crippen LogP contribution in [0.1, 0.15) is 51.3 Å². The van der Waals surface area contributed by atoms with Gasteiger partial charge in [-0.25, -0.2) is 8.42 Å². The molecule has 1 aliphatic carbocycles. The van der Waals surface area contributed by atoms with Crippen molar-refractivity contribution >= 4 is 27.5 Å². The smallest absolute Gasteiger partial charge is 0.233 e. The summed E-state index contributed by atoms with van der Waals surface area (Å²) in [5, 5.41) is 9.19. The first-order valence-corrected chi connectivity index (χ1v) is 11.7. The molecule has 0 unspecified atom stereocenters. The van der Waals surface area contributed by atoms with Crippen LogP contribution in [0.2, 0.25) is 0 Å². The van der Waals surface area contributed by atoms with Crippen LogP contribution < -0.4 is 0 Å². The molecule has 3 rings (SSSR count). The number of carbonyl (C=O) groups is 1. The lowest BCUT2D eigenvalue weighted by Gasteiger charge is -2.33. The molecule has 25 heavy (non-hydrogen) atoms. The molecule has 1 aromatic rings. The fourth-order valence-electron chi connectivity index (χ4n) is 3.35. The Bertz CT molecular complexity index is 743. The summed E-state index contributed by atoms with van der Waals surface area (Å²) in [6, 6.07) is -0.164. The van der Waals surface area contributed by atoms with Crippen molar-refractivity contribution in [2.75, 3.05) is 17.3 Å². The van der Waals surface area contributed by atoms with Gasteiger partial charge in [-0.1, -0.05) is 18.7 Å². The summed E-state index contributed by atoms with van der Waals surface area (Å²) in [6.07, 6.45) is 3.67. The summed E-state index contributed by atoms with van der Waals surface area (Å²) < 4.78 is 25.6. The van der Waals surface area contributed by atoms with Crippen molar-refractivity contribution < 1.29 is 13.2 Å². The van der Waals surface area contributed by atoms with Crippen LogP contribution in [-0.2, 0) is 21.7 Å². The average molecular weight is 387 g/mol. The van der Waals surface area contributed by atoms with Gasteiger partial charge in [0.15, 0.2) is 15.0 Å². The third-order valence-electron chi connectivity index (χ3n) is 5.09. The van der Waals surface area contributed by atoms with E-state index < -0.39 is 9.84 Å². The van der Waals surface area contributed by atoms with E-state index in [9.17, 15) is 13.2 Å². The third kappa shape index (κ3) is 4.19. The number of hydrogen-bond donors (Lipinski definition) is 0. The first-order chi connectivity index (χ1) is 11.8. The second-order valence-electron chi connectivity index (χ2n) is 7.08. The lowest BCUT2D eigenvalue weighted by molar-refractivity contribution is -0.132. The van der Waals surface area contributed by atoms with Crippen molar-refractivity contribution in [1.29, 1.82) is 0 Å². The fraction of sp³-hybridized carbons (Fsp3) is 0.812. The molecule has 2 fully saturated rings. The minimum Gasteiger partial charge on any atom is -0.335 e. The number of aromatic nitrogens is 3. The van der Waals surface area contributed by atoms with Crippen LogP contribution in [0.25, 0.3) is 0 Å². The molecule has 2 heterocycles. The largest absolute Gasteiger partial charge is 0.335 e. The molecule has 0 spiro atoms. The highest BCUT2D eigenvalue weighted by atomic mass is 32.2. The minimum atomic E-state index is -3.02. The molecule has 1 saturated carbocycles. The normalized spacial score (nSPS) is 23.6. The minimum absolute atomic E-state index is 0.0163. The molecule has 1 aromatic heterocycles. The van der Waals surface area contributed by atoms with Crippen LogP contribution in [0.4, 0.5) is 0 Å². The number of nitrogens with zero attached hydrogens (tertiary/aromatic N) is 4. The van der Waals surface area contributed by atoms with E-state index in [0.29, 0.717) is 12.3 Å². The van der Waals surface area contributed by atoms with Gasteiger partial charge in [0.25, 0.3) is 0 Å². The van der Waals surface area contributed by atoms with Gasteiger partial charge in [0, 0.05) is 25.0 Å². The molecule has 9 heteroatoms. The fourth-order valence-corrected chi connectivity index (χ4v) is 5.85. The zero-order chi connectivity index (χ0) is 18.2. The summed E-state index contributed by atoms with van der Waals surface area (Å²) in [7, 11) is -1.08. The van der Waals surface area contributed by atoms with Gasteiger partial charge in [0.2, 0.25) is 5.91 Å². The average Bonchev–Trinajstić information content (AvgIpc) is 3.25. The first-order valence-electron chi connectivity index (χ1n) is 8.86. The van der Waals surface area contributed by atoms with Crippen LogP contribution in [-0.4, -0.2) is 63.3 Å². The standard InChI is InChI=1S/C16H26N4O3S2/c1-4-11(2)20(13-7-8-25(22,23)10-13)14(21)9-24-16-18-17-15(19(16)3)12-5-6-12/h11-13H,4-10H2,1-3H3/t11-,13+/m0/s1. The van der Waals surface area contributed by atoms with Crippen LogP contribution in [0.5, 0.6) is 0 Å². The second kappa shape index (κ2) is 7.26. The van der Waals surface area contributed by atoms with Gasteiger partial charge < -0.3 is 9.47 Å². The Balaban J connectivity index is 1.66. The predicted molar refractivity (Wildman–Crippen MR) is 97.4 cm³/mol. The maximum Gasteiger partial charge on any atom is 0.233 e. The van der Waals surface area contributed by atoms with Gasteiger partial charge in [-0.15, -0.1) is 10.2 Å². The van der Waals surface area contributed by atoms with Crippen molar-refractivity contribution in [3.63, 3.8) is 0 Å². The van der Waals surface area contributed by atoms with Crippen molar-refractivity contribution in [3.05, 3.63) is 5.82 Å². The Morgan fingerprint density at radius 2 is 2.08 bits per heavy atom. The molecule has 1 aliphatic heterocycles. The monoisotopic (exact) mass is 386 g/mol. The molecule has 0 radical (unpaired) electrons. The summed E-state index contributed by atoms with van der Waals surface area (Å²) in [5.74, 6) is 2.02. The molecule has 2 aliphatic rings. The van der Waals surface area contributed by atoms with Gasteiger partial charge in [-0.05, 0) is 32.6 Å².